The number of ether oxygens (including phenoxy) is 2. The summed E-state index contributed by atoms with van der Waals surface area (Å²) in [4.78, 5) is 14.2. The number of aryl methyl sites for hydroxylation is 1. The number of amides is 1. The quantitative estimate of drug-likeness (QED) is 0.910. The van der Waals surface area contributed by atoms with Gasteiger partial charge in [0.25, 0.3) is 5.91 Å². The van der Waals surface area contributed by atoms with Gasteiger partial charge in [-0.05, 0) is 44.2 Å². The van der Waals surface area contributed by atoms with Crippen molar-refractivity contribution in [3.63, 3.8) is 0 Å². The van der Waals surface area contributed by atoms with E-state index < -0.39 is 0 Å². The maximum absolute atomic E-state index is 12.3. The minimum Gasteiger partial charge on any atom is -0.379 e. The topological polar surface area (TPSA) is 47.6 Å². The maximum Gasteiger partial charge on any atom is 0.261 e. The van der Waals surface area contributed by atoms with Gasteiger partial charge in [-0.1, -0.05) is 6.42 Å². The van der Waals surface area contributed by atoms with Crippen molar-refractivity contribution in [1.29, 1.82) is 0 Å². The molecular weight excluding hydrogens is 286 g/mol. The summed E-state index contributed by atoms with van der Waals surface area (Å²) in [6.45, 7) is 4.11. The van der Waals surface area contributed by atoms with Crippen molar-refractivity contribution >= 4 is 17.2 Å². The Morgan fingerprint density at radius 1 is 1.43 bits per heavy atom. The molecule has 2 fully saturated rings. The molecule has 1 saturated carbocycles. The van der Waals surface area contributed by atoms with Crippen LogP contribution in [0.15, 0.2) is 12.1 Å². The van der Waals surface area contributed by atoms with E-state index in [1.807, 2.05) is 19.1 Å². The molecule has 4 nitrogen and oxygen atoms in total. The molecule has 0 bridgehead atoms. The minimum atomic E-state index is -0.0336. The third kappa shape index (κ3) is 3.84. The van der Waals surface area contributed by atoms with Crippen LogP contribution in [0.25, 0.3) is 0 Å². The zero-order chi connectivity index (χ0) is 14.7. The Labute approximate surface area is 129 Å². The Morgan fingerprint density at radius 3 is 2.95 bits per heavy atom. The van der Waals surface area contributed by atoms with E-state index in [1.165, 1.54) is 30.6 Å². The van der Waals surface area contributed by atoms with Crippen molar-refractivity contribution in [1.82, 2.24) is 5.32 Å². The van der Waals surface area contributed by atoms with E-state index in [9.17, 15) is 4.79 Å². The second-order valence-electron chi connectivity index (χ2n) is 6.02. The van der Waals surface area contributed by atoms with Gasteiger partial charge in [-0.15, -0.1) is 11.3 Å². The molecule has 116 valence electrons. The third-order valence-electron chi connectivity index (χ3n) is 4.34. The van der Waals surface area contributed by atoms with Gasteiger partial charge < -0.3 is 14.8 Å². The molecule has 1 amide bonds. The second kappa shape index (κ2) is 6.90. The molecule has 21 heavy (non-hydrogen) atoms. The highest BCUT2D eigenvalue weighted by atomic mass is 32.1. The van der Waals surface area contributed by atoms with Crippen LogP contribution in [0.4, 0.5) is 0 Å². The van der Waals surface area contributed by atoms with E-state index in [0.29, 0.717) is 6.61 Å². The minimum absolute atomic E-state index is 0.0131. The molecule has 2 heterocycles. The molecular formula is C16H23NO3S. The van der Waals surface area contributed by atoms with Gasteiger partial charge in [0.1, 0.15) is 0 Å². The van der Waals surface area contributed by atoms with E-state index in [2.05, 4.69) is 5.32 Å². The first-order valence-electron chi connectivity index (χ1n) is 7.79. The predicted octanol–water partition coefficient (Wildman–Crippen LogP) is 2.76. The first kappa shape index (κ1) is 15.0. The summed E-state index contributed by atoms with van der Waals surface area (Å²) in [6, 6.07) is 3.82. The maximum atomic E-state index is 12.3. The molecule has 0 aromatic carbocycles. The summed E-state index contributed by atoms with van der Waals surface area (Å²) in [5.41, 5.74) is 0. The summed E-state index contributed by atoms with van der Waals surface area (Å²) in [5.74, 6) is 0.713. The van der Waals surface area contributed by atoms with E-state index >= 15 is 0 Å². The Bertz CT molecular complexity index is 484. The molecule has 1 N–H and O–H groups in total. The number of rotatable bonds is 5. The van der Waals surface area contributed by atoms with Gasteiger partial charge in [-0.25, -0.2) is 0 Å². The highest BCUT2D eigenvalue weighted by Gasteiger charge is 2.30. The van der Waals surface area contributed by atoms with E-state index in [-0.39, 0.29) is 18.1 Å². The van der Waals surface area contributed by atoms with Crippen LogP contribution < -0.4 is 5.32 Å². The number of hydrogen-bond acceptors (Lipinski definition) is 4. The van der Waals surface area contributed by atoms with Crippen LogP contribution in [0.2, 0.25) is 0 Å². The summed E-state index contributed by atoms with van der Waals surface area (Å²) in [7, 11) is 0. The van der Waals surface area contributed by atoms with Crippen LogP contribution >= 0.6 is 11.3 Å². The molecule has 0 radical (unpaired) electrons. The molecule has 1 aliphatic carbocycles. The van der Waals surface area contributed by atoms with Gasteiger partial charge in [0.15, 0.2) is 0 Å². The monoisotopic (exact) mass is 309 g/mol. The van der Waals surface area contributed by atoms with Crippen molar-refractivity contribution < 1.29 is 14.3 Å². The first-order chi connectivity index (χ1) is 10.2. The normalized spacial score (nSPS) is 26.3. The first-order valence-corrected chi connectivity index (χ1v) is 8.60. The van der Waals surface area contributed by atoms with Crippen molar-refractivity contribution in [3.8, 4) is 0 Å². The Hall–Kier alpha value is -0.910. The average Bonchev–Trinajstić information content (AvgIpc) is 2.85. The lowest BCUT2D eigenvalue weighted by molar-refractivity contribution is -0.0696. The summed E-state index contributed by atoms with van der Waals surface area (Å²) >= 11 is 1.52. The molecule has 3 rings (SSSR count). The van der Waals surface area contributed by atoms with Crippen molar-refractivity contribution in [2.24, 2.45) is 5.92 Å². The Morgan fingerprint density at radius 2 is 2.29 bits per heavy atom. The largest absolute Gasteiger partial charge is 0.379 e. The zero-order valence-corrected chi connectivity index (χ0v) is 13.3. The number of nitrogens with one attached hydrogen (secondary N) is 1. The molecule has 2 aliphatic rings. The van der Waals surface area contributed by atoms with Crippen molar-refractivity contribution in [2.75, 3.05) is 19.8 Å². The predicted molar refractivity (Wildman–Crippen MR) is 82.8 cm³/mol. The van der Waals surface area contributed by atoms with Crippen LogP contribution in [0, 0.1) is 12.8 Å². The number of carbonyl (C=O) groups excluding carboxylic acids is 1. The van der Waals surface area contributed by atoms with Gasteiger partial charge in [-0.2, -0.15) is 0 Å². The summed E-state index contributed by atoms with van der Waals surface area (Å²) < 4.78 is 11.6. The van der Waals surface area contributed by atoms with Gasteiger partial charge >= 0.3 is 0 Å². The summed E-state index contributed by atoms with van der Waals surface area (Å²) in [5, 5.41) is 3.08. The van der Waals surface area contributed by atoms with Gasteiger partial charge in [-0.3, -0.25) is 4.79 Å². The molecule has 1 aromatic rings. The number of thiophene rings is 1. The van der Waals surface area contributed by atoms with E-state index in [0.717, 1.165) is 35.3 Å². The lowest BCUT2D eigenvalue weighted by atomic mass is 9.86. The smallest absolute Gasteiger partial charge is 0.261 e. The fraction of sp³-hybridized carbons (Fsp3) is 0.688. The van der Waals surface area contributed by atoms with Crippen LogP contribution in [0.1, 0.15) is 40.2 Å². The van der Waals surface area contributed by atoms with Crippen molar-refractivity contribution in [3.05, 3.63) is 21.9 Å². The van der Waals surface area contributed by atoms with E-state index in [4.69, 9.17) is 9.47 Å². The molecule has 2 atom stereocenters. The van der Waals surface area contributed by atoms with Crippen LogP contribution in [0.5, 0.6) is 0 Å². The lowest BCUT2D eigenvalue weighted by Crippen LogP contribution is -2.50. The molecule has 1 aliphatic heterocycles. The van der Waals surface area contributed by atoms with Crippen LogP contribution in [0.3, 0.4) is 0 Å². The number of carbonyl (C=O) groups is 1. The Kier molecular flexibility index (Phi) is 4.93. The fourth-order valence-corrected chi connectivity index (χ4v) is 3.54. The fourth-order valence-electron chi connectivity index (χ4n) is 2.77. The average molecular weight is 309 g/mol. The van der Waals surface area contributed by atoms with Crippen molar-refractivity contribution in [2.45, 2.75) is 44.8 Å². The molecule has 0 spiro atoms. The van der Waals surface area contributed by atoms with E-state index in [1.54, 1.807) is 0 Å². The highest BCUT2D eigenvalue weighted by Crippen LogP contribution is 2.27. The van der Waals surface area contributed by atoms with Gasteiger partial charge in [0, 0.05) is 18.1 Å². The molecule has 0 unspecified atom stereocenters. The lowest BCUT2D eigenvalue weighted by Gasteiger charge is -2.34. The second-order valence-corrected chi connectivity index (χ2v) is 7.31. The van der Waals surface area contributed by atoms with Gasteiger partial charge in [0.2, 0.25) is 0 Å². The zero-order valence-electron chi connectivity index (χ0n) is 12.5. The van der Waals surface area contributed by atoms with Gasteiger partial charge in [0.05, 0.1) is 23.6 Å². The number of hydrogen-bond donors (Lipinski definition) is 1. The molecule has 1 saturated heterocycles. The standard InChI is InChI=1S/C16H23NO3S/c1-11-5-6-15(21-11)16(18)17-13-10-19-8-7-14(13)20-9-12-3-2-4-12/h5-6,12-14H,2-4,7-10H2,1H3,(H,17,18)/t13-,14+/m1/s1. The Balaban J connectivity index is 1.54. The highest BCUT2D eigenvalue weighted by molar-refractivity contribution is 7.13. The molecule has 5 heteroatoms. The third-order valence-corrected chi connectivity index (χ3v) is 5.34. The molecule has 1 aromatic heterocycles. The summed E-state index contributed by atoms with van der Waals surface area (Å²) in [6.07, 6.45) is 4.86. The SMILES string of the molecule is Cc1ccc(C(=O)N[C@@H]2COCC[C@@H]2OCC2CCC2)s1. The van der Waals surface area contributed by atoms with Crippen LogP contribution in [-0.2, 0) is 9.47 Å². The van der Waals surface area contributed by atoms with Crippen LogP contribution in [-0.4, -0.2) is 37.9 Å².